The number of carbonyl (C=O) groups is 2. The van der Waals surface area contributed by atoms with Gasteiger partial charge in [0.25, 0.3) is 0 Å². The molecule has 0 saturated carbocycles. The summed E-state index contributed by atoms with van der Waals surface area (Å²) in [5, 5.41) is 8.67. The van der Waals surface area contributed by atoms with Crippen molar-refractivity contribution in [1.82, 2.24) is 4.40 Å². The highest BCUT2D eigenvalue weighted by Crippen LogP contribution is 2.25. The Bertz CT molecular complexity index is 662. The lowest BCUT2D eigenvalue weighted by Gasteiger charge is -2.15. The summed E-state index contributed by atoms with van der Waals surface area (Å²) in [5.74, 6) is -1.09. The monoisotopic (exact) mass is 273 g/mol. The summed E-state index contributed by atoms with van der Waals surface area (Å²) in [7, 11) is 0. The van der Waals surface area contributed by atoms with Crippen LogP contribution in [0, 0.1) is 0 Å². The Morgan fingerprint density at radius 3 is 2.50 bits per heavy atom. The predicted octanol–water partition coefficient (Wildman–Crippen LogP) is 3.28. The Labute approximate surface area is 118 Å². The number of aromatic nitrogens is 1. The molecule has 0 atom stereocenters. The lowest BCUT2D eigenvalue weighted by atomic mass is 9.89. The second-order valence-electron chi connectivity index (χ2n) is 6.00. The maximum atomic E-state index is 12.1. The van der Waals surface area contributed by atoms with Gasteiger partial charge in [-0.15, -0.1) is 0 Å². The summed E-state index contributed by atoms with van der Waals surface area (Å²) in [4.78, 5) is 22.7. The van der Waals surface area contributed by atoms with E-state index in [0.717, 1.165) is 11.1 Å². The van der Waals surface area contributed by atoms with Gasteiger partial charge in [-0.1, -0.05) is 26.8 Å². The number of pyridine rings is 1. The second kappa shape index (κ2) is 5.12. The summed E-state index contributed by atoms with van der Waals surface area (Å²) in [6, 6.07) is 7.58. The van der Waals surface area contributed by atoms with E-state index in [-0.39, 0.29) is 24.0 Å². The van der Waals surface area contributed by atoms with Crippen LogP contribution in [-0.2, 0) is 10.2 Å². The minimum absolute atomic E-state index is 0.00734. The molecular weight excluding hydrogens is 254 g/mol. The van der Waals surface area contributed by atoms with E-state index < -0.39 is 5.97 Å². The van der Waals surface area contributed by atoms with Crippen LogP contribution in [0.4, 0.5) is 0 Å². The molecule has 2 rings (SSSR count). The van der Waals surface area contributed by atoms with Crippen LogP contribution in [0.3, 0.4) is 0 Å². The molecular formula is C16H19NO3. The molecule has 2 aromatic heterocycles. The number of rotatable bonds is 4. The molecule has 0 aromatic carbocycles. The molecule has 0 aliphatic carbocycles. The average Bonchev–Trinajstić information content (AvgIpc) is 2.79. The Balaban J connectivity index is 2.41. The number of carboxylic acid groups (broad SMARTS) is 1. The lowest BCUT2D eigenvalue weighted by molar-refractivity contribution is -0.136. The largest absolute Gasteiger partial charge is 0.481 e. The van der Waals surface area contributed by atoms with Crippen molar-refractivity contribution >= 4 is 17.3 Å². The van der Waals surface area contributed by atoms with Crippen molar-refractivity contribution in [3.63, 3.8) is 0 Å². The molecule has 4 heteroatoms. The third-order valence-electron chi connectivity index (χ3n) is 3.35. The Kier molecular flexibility index (Phi) is 3.66. The fourth-order valence-electron chi connectivity index (χ4n) is 2.12. The van der Waals surface area contributed by atoms with Crippen molar-refractivity contribution in [2.45, 2.75) is 39.0 Å². The molecule has 0 unspecified atom stereocenters. The molecule has 0 aliphatic rings. The minimum atomic E-state index is -0.951. The van der Waals surface area contributed by atoms with E-state index in [2.05, 4.69) is 26.8 Å². The van der Waals surface area contributed by atoms with E-state index in [4.69, 9.17) is 5.11 Å². The Hall–Kier alpha value is -2.10. The maximum Gasteiger partial charge on any atom is 0.303 e. The quantitative estimate of drug-likeness (QED) is 0.870. The fraction of sp³-hybridized carbons (Fsp3) is 0.375. The molecule has 2 heterocycles. The first-order chi connectivity index (χ1) is 9.29. The van der Waals surface area contributed by atoms with Gasteiger partial charge in [-0.05, 0) is 29.2 Å². The Morgan fingerprint density at radius 2 is 1.90 bits per heavy atom. The first-order valence-electron chi connectivity index (χ1n) is 6.65. The average molecular weight is 273 g/mol. The van der Waals surface area contributed by atoms with Crippen LogP contribution in [-0.4, -0.2) is 21.3 Å². The van der Waals surface area contributed by atoms with Gasteiger partial charge >= 0.3 is 5.97 Å². The van der Waals surface area contributed by atoms with Gasteiger partial charge in [0.1, 0.15) is 0 Å². The molecule has 2 aromatic rings. The van der Waals surface area contributed by atoms with E-state index in [9.17, 15) is 9.59 Å². The zero-order valence-corrected chi connectivity index (χ0v) is 12.0. The van der Waals surface area contributed by atoms with Gasteiger partial charge in [0.05, 0.1) is 12.1 Å². The molecule has 0 bridgehead atoms. The molecule has 4 nitrogen and oxygen atoms in total. The molecule has 0 saturated heterocycles. The van der Waals surface area contributed by atoms with Crippen LogP contribution in [0.1, 0.15) is 49.7 Å². The molecule has 0 fully saturated rings. The number of carbonyl (C=O) groups excluding carboxylic acids is 1. The van der Waals surface area contributed by atoms with E-state index in [1.165, 1.54) is 0 Å². The van der Waals surface area contributed by atoms with Crippen molar-refractivity contribution in [2.24, 2.45) is 0 Å². The molecule has 0 amide bonds. The predicted molar refractivity (Wildman–Crippen MR) is 77.3 cm³/mol. The number of hydrogen-bond donors (Lipinski definition) is 1. The number of Topliss-reactive ketones (excluding diaryl/α,β-unsaturated/α-hetero) is 1. The van der Waals surface area contributed by atoms with Crippen molar-refractivity contribution < 1.29 is 14.7 Å². The number of fused-ring (bicyclic) bond motifs is 1. The van der Waals surface area contributed by atoms with Crippen molar-refractivity contribution in [2.75, 3.05) is 0 Å². The fourth-order valence-corrected chi connectivity index (χ4v) is 2.12. The molecule has 106 valence electrons. The normalized spacial score (nSPS) is 11.8. The van der Waals surface area contributed by atoms with Crippen molar-refractivity contribution in [3.8, 4) is 0 Å². The van der Waals surface area contributed by atoms with Gasteiger partial charge < -0.3 is 9.51 Å². The zero-order valence-electron chi connectivity index (χ0n) is 12.0. The number of ketones is 1. The third kappa shape index (κ3) is 2.90. The highest BCUT2D eigenvalue weighted by atomic mass is 16.4. The van der Waals surface area contributed by atoms with Gasteiger partial charge in [-0.2, -0.15) is 0 Å². The van der Waals surface area contributed by atoms with E-state index in [1.807, 2.05) is 22.7 Å². The number of nitrogens with zero attached hydrogens (tertiary/aromatic N) is 1. The third-order valence-corrected chi connectivity index (χ3v) is 3.35. The molecule has 0 spiro atoms. The standard InChI is InChI=1S/C16H19NO3/c1-16(2,3)11-9-12-5-4-6-13(17(12)10-11)14(18)7-8-15(19)20/h4-6,9-10H,7-8H2,1-3H3,(H,19,20). The van der Waals surface area contributed by atoms with Crippen LogP contribution >= 0.6 is 0 Å². The van der Waals surface area contributed by atoms with Crippen LogP contribution in [0.25, 0.3) is 5.52 Å². The molecule has 20 heavy (non-hydrogen) atoms. The highest BCUT2D eigenvalue weighted by Gasteiger charge is 2.18. The maximum absolute atomic E-state index is 12.1. The van der Waals surface area contributed by atoms with Crippen LogP contribution < -0.4 is 0 Å². The highest BCUT2D eigenvalue weighted by molar-refractivity contribution is 5.96. The number of hydrogen-bond acceptors (Lipinski definition) is 2. The van der Waals surface area contributed by atoms with Crippen molar-refractivity contribution in [3.05, 3.63) is 41.7 Å². The van der Waals surface area contributed by atoms with E-state index >= 15 is 0 Å². The summed E-state index contributed by atoms with van der Waals surface area (Å²) in [6.07, 6.45) is 1.85. The van der Waals surface area contributed by atoms with Crippen LogP contribution in [0.5, 0.6) is 0 Å². The number of aliphatic carboxylic acids is 1. The Morgan fingerprint density at radius 1 is 1.20 bits per heavy atom. The smallest absolute Gasteiger partial charge is 0.303 e. The lowest BCUT2D eigenvalue weighted by Crippen LogP contribution is -2.10. The van der Waals surface area contributed by atoms with E-state index in [0.29, 0.717) is 5.69 Å². The second-order valence-corrected chi connectivity index (χ2v) is 6.00. The number of carboxylic acids is 1. The van der Waals surface area contributed by atoms with Crippen LogP contribution in [0.2, 0.25) is 0 Å². The van der Waals surface area contributed by atoms with Crippen molar-refractivity contribution in [1.29, 1.82) is 0 Å². The summed E-state index contributed by atoms with van der Waals surface area (Å²) < 4.78 is 1.85. The van der Waals surface area contributed by atoms with Gasteiger partial charge in [0.15, 0.2) is 5.78 Å². The molecule has 0 aliphatic heterocycles. The topological polar surface area (TPSA) is 58.8 Å². The van der Waals surface area contributed by atoms with E-state index in [1.54, 1.807) is 6.07 Å². The first kappa shape index (κ1) is 14.3. The van der Waals surface area contributed by atoms with Gasteiger partial charge in [-0.25, -0.2) is 0 Å². The summed E-state index contributed by atoms with van der Waals surface area (Å²) >= 11 is 0. The molecule has 0 radical (unpaired) electrons. The van der Waals surface area contributed by atoms with Gasteiger partial charge in [-0.3, -0.25) is 9.59 Å². The van der Waals surface area contributed by atoms with Gasteiger partial charge in [0.2, 0.25) is 0 Å². The zero-order chi connectivity index (χ0) is 14.9. The summed E-state index contributed by atoms with van der Waals surface area (Å²) in [5.41, 5.74) is 2.65. The first-order valence-corrected chi connectivity index (χ1v) is 6.65. The minimum Gasteiger partial charge on any atom is -0.481 e. The van der Waals surface area contributed by atoms with Gasteiger partial charge in [0, 0.05) is 18.1 Å². The SMILES string of the molecule is CC(C)(C)c1cc2cccc(C(=O)CCC(=O)O)n2c1. The molecule has 1 N–H and O–H groups in total. The van der Waals surface area contributed by atoms with Crippen LogP contribution in [0.15, 0.2) is 30.5 Å². The summed E-state index contributed by atoms with van der Waals surface area (Å²) in [6.45, 7) is 6.36.